The van der Waals surface area contributed by atoms with Gasteiger partial charge in [0, 0.05) is 24.7 Å². The molecule has 1 aliphatic rings. The Morgan fingerprint density at radius 2 is 2.09 bits per heavy atom. The van der Waals surface area contributed by atoms with Crippen LogP contribution in [0.3, 0.4) is 0 Å². The molecule has 4 aromatic rings. The van der Waals surface area contributed by atoms with Gasteiger partial charge in [0.2, 0.25) is 5.88 Å². The number of nitrogens with one attached hydrogen (secondary N) is 1. The van der Waals surface area contributed by atoms with E-state index in [-0.39, 0.29) is 19.1 Å². The lowest BCUT2D eigenvalue weighted by molar-refractivity contribution is 0.145. The highest BCUT2D eigenvalue weighted by molar-refractivity contribution is 5.68. The van der Waals surface area contributed by atoms with Gasteiger partial charge in [-0.15, -0.1) is 5.10 Å². The third-order valence-electron chi connectivity index (χ3n) is 6.28. The number of pyridine rings is 2. The number of piperidine rings is 1. The minimum atomic E-state index is -0.667. The van der Waals surface area contributed by atoms with Crippen molar-refractivity contribution in [1.29, 1.82) is 5.26 Å². The first-order valence-corrected chi connectivity index (χ1v) is 11.5. The first-order valence-electron chi connectivity index (χ1n) is 11.5. The molecule has 1 atom stereocenters. The number of rotatable bonds is 7. The Bertz CT molecular complexity index is 1370. The summed E-state index contributed by atoms with van der Waals surface area (Å²) in [6, 6.07) is 8.85. The Kier molecular flexibility index (Phi) is 6.39. The van der Waals surface area contributed by atoms with Crippen LogP contribution in [0.4, 0.5) is 4.39 Å². The van der Waals surface area contributed by atoms with E-state index in [1.807, 2.05) is 17.7 Å². The molecule has 0 saturated carbocycles. The fraction of sp³-hybridized carbons (Fsp3) is 0.375. The number of aliphatic hydroxyl groups excluding tert-OH is 1. The summed E-state index contributed by atoms with van der Waals surface area (Å²) in [4.78, 5) is 8.50. The predicted octanol–water partition coefficient (Wildman–Crippen LogP) is 2.73. The van der Waals surface area contributed by atoms with E-state index in [0.717, 1.165) is 43.4 Å². The molecular formula is C24H25FN8O2. The van der Waals surface area contributed by atoms with E-state index in [9.17, 15) is 14.8 Å². The van der Waals surface area contributed by atoms with Crippen LogP contribution in [0.1, 0.15) is 48.5 Å². The van der Waals surface area contributed by atoms with Crippen molar-refractivity contribution in [3.05, 3.63) is 59.6 Å². The molecule has 4 aromatic heterocycles. The van der Waals surface area contributed by atoms with Crippen LogP contribution in [0, 0.1) is 24.1 Å². The summed E-state index contributed by atoms with van der Waals surface area (Å²) in [6.07, 6.45) is 4.11. The molecule has 5 heterocycles. The van der Waals surface area contributed by atoms with Crippen molar-refractivity contribution in [3.63, 3.8) is 0 Å². The molecule has 0 amide bonds. The number of halogens is 1. The van der Waals surface area contributed by atoms with Gasteiger partial charge in [-0.25, -0.2) is 14.1 Å². The lowest BCUT2D eigenvalue weighted by atomic mass is 10.1. The maximum Gasteiger partial charge on any atom is 0.201 e. The summed E-state index contributed by atoms with van der Waals surface area (Å²) >= 11 is 0. The van der Waals surface area contributed by atoms with E-state index in [0.29, 0.717) is 28.6 Å². The number of hydrogen-bond acceptors (Lipinski definition) is 8. The minimum absolute atomic E-state index is 0.161. The van der Waals surface area contributed by atoms with Gasteiger partial charge >= 0.3 is 0 Å². The Hall–Kier alpha value is -3.88. The molecule has 1 saturated heterocycles. The average molecular weight is 477 g/mol. The van der Waals surface area contributed by atoms with E-state index in [2.05, 4.69) is 31.7 Å². The van der Waals surface area contributed by atoms with Crippen LogP contribution in [-0.2, 0) is 0 Å². The molecule has 0 bridgehead atoms. The summed E-state index contributed by atoms with van der Waals surface area (Å²) in [5.74, 6) is -0.124. The monoisotopic (exact) mass is 476 g/mol. The smallest absolute Gasteiger partial charge is 0.201 e. The third-order valence-corrected chi connectivity index (χ3v) is 6.28. The van der Waals surface area contributed by atoms with Gasteiger partial charge < -0.3 is 15.2 Å². The Labute approximate surface area is 201 Å². The van der Waals surface area contributed by atoms with Crippen molar-refractivity contribution < 1.29 is 14.2 Å². The molecule has 5 rings (SSSR count). The molecule has 11 heteroatoms. The first-order chi connectivity index (χ1) is 17.1. The second-order valence-electron chi connectivity index (χ2n) is 8.50. The lowest BCUT2D eigenvalue weighted by Gasteiger charge is -2.23. The quantitative estimate of drug-likeness (QED) is 0.417. The van der Waals surface area contributed by atoms with Gasteiger partial charge in [-0.3, -0.25) is 9.38 Å². The molecule has 0 aliphatic carbocycles. The SMILES string of the molecule is Cc1c(-c2cc(OC(CCO)c3ccc(F)cn3)n3c(C#N)cnc3c2)nnn1C1CCNCC1. The fourth-order valence-electron chi connectivity index (χ4n) is 4.49. The Morgan fingerprint density at radius 3 is 2.80 bits per heavy atom. The molecule has 1 aliphatic heterocycles. The molecule has 0 spiro atoms. The van der Waals surface area contributed by atoms with Crippen molar-refractivity contribution in [2.45, 2.75) is 38.3 Å². The number of nitrogens with zero attached hydrogens (tertiary/aromatic N) is 7. The number of nitriles is 1. The van der Waals surface area contributed by atoms with Gasteiger partial charge in [0.15, 0.2) is 0 Å². The molecule has 1 fully saturated rings. The van der Waals surface area contributed by atoms with Gasteiger partial charge in [-0.05, 0) is 51.1 Å². The van der Waals surface area contributed by atoms with Gasteiger partial charge in [0.25, 0.3) is 0 Å². The molecule has 1 unspecified atom stereocenters. The van der Waals surface area contributed by atoms with E-state index < -0.39 is 11.9 Å². The zero-order valence-electron chi connectivity index (χ0n) is 19.2. The fourth-order valence-corrected chi connectivity index (χ4v) is 4.49. The van der Waals surface area contributed by atoms with Gasteiger partial charge in [0.05, 0.1) is 29.8 Å². The van der Waals surface area contributed by atoms with Crippen LogP contribution in [0.5, 0.6) is 5.88 Å². The van der Waals surface area contributed by atoms with Crippen LogP contribution in [-0.4, -0.2) is 54.2 Å². The topological polar surface area (TPSA) is 126 Å². The summed E-state index contributed by atoms with van der Waals surface area (Å²) < 4.78 is 23.3. The number of aliphatic hydroxyl groups is 1. The molecule has 10 nitrogen and oxygen atoms in total. The summed E-state index contributed by atoms with van der Waals surface area (Å²) in [5, 5.41) is 31.5. The lowest BCUT2D eigenvalue weighted by Crippen LogP contribution is -2.30. The Balaban J connectivity index is 1.57. The van der Waals surface area contributed by atoms with E-state index in [1.165, 1.54) is 18.3 Å². The first kappa shape index (κ1) is 22.9. The van der Waals surface area contributed by atoms with E-state index in [4.69, 9.17) is 4.74 Å². The highest BCUT2D eigenvalue weighted by Gasteiger charge is 2.23. The van der Waals surface area contributed by atoms with Crippen LogP contribution < -0.4 is 10.1 Å². The predicted molar refractivity (Wildman–Crippen MR) is 124 cm³/mol. The normalized spacial score (nSPS) is 15.3. The van der Waals surface area contributed by atoms with Crippen molar-refractivity contribution in [2.75, 3.05) is 19.7 Å². The van der Waals surface area contributed by atoms with Crippen molar-refractivity contribution >= 4 is 5.65 Å². The van der Waals surface area contributed by atoms with Crippen LogP contribution >= 0.6 is 0 Å². The van der Waals surface area contributed by atoms with Gasteiger partial charge in [-0.2, -0.15) is 5.26 Å². The third kappa shape index (κ3) is 4.45. The highest BCUT2D eigenvalue weighted by Crippen LogP contribution is 2.32. The van der Waals surface area contributed by atoms with Crippen LogP contribution in [0.15, 0.2) is 36.7 Å². The molecule has 0 aromatic carbocycles. The number of hydrogen-bond donors (Lipinski definition) is 2. The number of ether oxygens (including phenoxy) is 1. The molecule has 0 radical (unpaired) electrons. The maximum atomic E-state index is 13.4. The molecular weight excluding hydrogens is 451 g/mol. The number of imidazole rings is 1. The Morgan fingerprint density at radius 1 is 1.26 bits per heavy atom. The number of aromatic nitrogens is 6. The largest absolute Gasteiger partial charge is 0.469 e. The maximum absolute atomic E-state index is 13.4. The molecule has 35 heavy (non-hydrogen) atoms. The minimum Gasteiger partial charge on any atom is -0.469 e. The van der Waals surface area contributed by atoms with Crippen LogP contribution in [0.25, 0.3) is 16.9 Å². The van der Waals surface area contributed by atoms with Gasteiger partial charge in [-0.1, -0.05) is 5.21 Å². The summed E-state index contributed by atoms with van der Waals surface area (Å²) in [7, 11) is 0. The van der Waals surface area contributed by atoms with Crippen molar-refractivity contribution in [1.82, 2.24) is 34.7 Å². The molecule has 2 N–H and O–H groups in total. The van der Waals surface area contributed by atoms with Crippen molar-refractivity contribution in [2.24, 2.45) is 0 Å². The van der Waals surface area contributed by atoms with Gasteiger partial charge in [0.1, 0.15) is 35.0 Å². The van der Waals surface area contributed by atoms with Crippen LogP contribution in [0.2, 0.25) is 0 Å². The molecule has 180 valence electrons. The summed E-state index contributed by atoms with van der Waals surface area (Å²) in [5.41, 5.74) is 3.66. The number of fused-ring (bicyclic) bond motifs is 1. The zero-order valence-corrected chi connectivity index (χ0v) is 19.2. The van der Waals surface area contributed by atoms with Crippen molar-refractivity contribution in [3.8, 4) is 23.2 Å². The van der Waals surface area contributed by atoms with E-state index in [1.54, 1.807) is 10.5 Å². The second kappa shape index (κ2) is 9.77. The van der Waals surface area contributed by atoms with E-state index >= 15 is 0 Å². The zero-order chi connectivity index (χ0) is 24.4. The highest BCUT2D eigenvalue weighted by atomic mass is 19.1. The second-order valence-corrected chi connectivity index (χ2v) is 8.50. The standard InChI is InChI=1S/C24H25FN8O2/c1-15-24(30-31-33(15)18-4-7-27-8-5-18)16-10-22-29-14-19(12-26)32(22)23(11-16)35-21(6-9-34)20-3-2-17(25)13-28-20/h2-3,10-11,13-14,18,21,27,34H,4-9H2,1H3. The average Bonchev–Trinajstić information content (AvgIpc) is 3.48. The summed E-state index contributed by atoms with van der Waals surface area (Å²) in [6.45, 7) is 3.71.